The molecule has 1 aliphatic carbocycles. The third-order valence-corrected chi connectivity index (χ3v) is 9.69. The lowest BCUT2D eigenvalue weighted by Crippen LogP contribution is -2.22. The van der Waals surface area contributed by atoms with Crippen molar-refractivity contribution in [2.24, 2.45) is 0 Å². The summed E-state index contributed by atoms with van der Waals surface area (Å²) in [4.78, 5) is 0. The normalized spacial score (nSPS) is 12.9. The van der Waals surface area contributed by atoms with Crippen LogP contribution in [0.15, 0.2) is 24.3 Å². The molecule has 4 rings (SSSR count). The molecule has 0 N–H and O–H groups in total. The van der Waals surface area contributed by atoms with Crippen LogP contribution < -0.4 is 0 Å². The lowest BCUT2D eigenvalue weighted by Gasteiger charge is -2.35. The lowest BCUT2D eigenvalue weighted by atomic mass is 9.69. The van der Waals surface area contributed by atoms with E-state index in [1.165, 1.54) is 87.8 Å². The molecule has 0 spiro atoms. The molecule has 0 bridgehead atoms. The Kier molecular flexibility index (Phi) is 11.0. The van der Waals surface area contributed by atoms with Crippen LogP contribution in [-0.4, -0.2) is 0 Å². The largest absolute Gasteiger partial charge is 0.0654 e. The molecule has 3 aromatic carbocycles. The highest BCUT2D eigenvalue weighted by atomic mass is 14.4. The molecule has 0 atom stereocenters. The maximum atomic E-state index is 2.43. The van der Waals surface area contributed by atoms with Gasteiger partial charge in [-0.15, -0.1) is 0 Å². The quantitative estimate of drug-likeness (QED) is 0.150. The second-order valence-electron chi connectivity index (χ2n) is 13.3. The maximum Gasteiger partial charge on any atom is -0.00140 e. The zero-order chi connectivity index (χ0) is 28.8. The topological polar surface area (TPSA) is 0 Å². The highest BCUT2D eigenvalue weighted by Gasteiger charge is 2.31. The molecule has 0 nitrogen and oxygen atoms in total. The molecule has 0 aliphatic heterocycles. The molecule has 0 saturated heterocycles. The van der Waals surface area contributed by atoms with Gasteiger partial charge in [0.2, 0.25) is 0 Å². The van der Waals surface area contributed by atoms with Crippen LogP contribution in [0.2, 0.25) is 0 Å². The number of unbranched alkanes of at least 4 members (excludes halogenated alkanes) is 4. The van der Waals surface area contributed by atoms with E-state index < -0.39 is 0 Å². The molecule has 0 aromatic heterocycles. The van der Waals surface area contributed by atoms with Crippen molar-refractivity contribution < 1.29 is 0 Å². The van der Waals surface area contributed by atoms with Gasteiger partial charge in [-0.05, 0) is 142 Å². The van der Waals surface area contributed by atoms with Gasteiger partial charge >= 0.3 is 0 Å². The molecule has 1 aliphatic rings. The molecule has 0 radical (unpaired) electrons. The Morgan fingerprint density at radius 1 is 0.475 bits per heavy atom. The predicted molar refractivity (Wildman–Crippen MR) is 179 cm³/mol. The summed E-state index contributed by atoms with van der Waals surface area (Å²) in [6.45, 7) is 19.2. The SMILES string of the molecule is CCCCc1c(CCCC)c(CCCC)c2c(c1CCCC)Cc1c(c(C(C)C)c3ccccc3c1C(C)C)C2. The zero-order valence-electron chi connectivity index (χ0n) is 27.4. The first-order valence-corrected chi connectivity index (χ1v) is 17.1. The first-order valence-electron chi connectivity index (χ1n) is 17.1. The van der Waals surface area contributed by atoms with Crippen LogP contribution in [-0.2, 0) is 38.5 Å². The van der Waals surface area contributed by atoms with Crippen LogP contribution in [0.3, 0.4) is 0 Å². The molecule has 0 heteroatoms. The van der Waals surface area contributed by atoms with Gasteiger partial charge in [0.05, 0.1) is 0 Å². The number of hydrogen-bond acceptors (Lipinski definition) is 0. The molecular formula is C40H58. The van der Waals surface area contributed by atoms with Crippen LogP contribution in [0.5, 0.6) is 0 Å². The van der Waals surface area contributed by atoms with Gasteiger partial charge in [-0.2, -0.15) is 0 Å². The average Bonchev–Trinajstić information content (AvgIpc) is 2.94. The second-order valence-corrected chi connectivity index (χ2v) is 13.3. The highest BCUT2D eigenvalue weighted by molar-refractivity contribution is 5.93. The fourth-order valence-corrected chi connectivity index (χ4v) is 7.82. The summed E-state index contributed by atoms with van der Waals surface area (Å²) in [7, 11) is 0. The van der Waals surface area contributed by atoms with Gasteiger partial charge in [-0.1, -0.05) is 105 Å². The third-order valence-electron chi connectivity index (χ3n) is 9.69. The van der Waals surface area contributed by atoms with E-state index in [9.17, 15) is 0 Å². The Morgan fingerprint density at radius 3 is 1.10 bits per heavy atom. The summed E-state index contributed by atoms with van der Waals surface area (Å²) in [5.74, 6) is 1.06. The van der Waals surface area contributed by atoms with E-state index in [1.54, 1.807) is 55.6 Å². The monoisotopic (exact) mass is 538 g/mol. The van der Waals surface area contributed by atoms with Crippen LogP contribution >= 0.6 is 0 Å². The standard InChI is InChI=1S/C40H58/c1-9-13-19-29-30(20-14-10-2)32(22-16-12-4)36-26-38-37(25-35(36)31(29)21-15-11-3)39(27(5)6)33-23-17-18-24-34(33)40(38)28(7)8/h17-18,23-24,27-28H,9-16,19-22,25-26H2,1-8H3. The van der Waals surface area contributed by atoms with E-state index in [4.69, 9.17) is 0 Å². The van der Waals surface area contributed by atoms with E-state index in [2.05, 4.69) is 79.7 Å². The predicted octanol–water partition coefficient (Wildman–Crippen LogP) is 12.0. The van der Waals surface area contributed by atoms with Gasteiger partial charge in [0.15, 0.2) is 0 Å². The Hall–Kier alpha value is -2.08. The van der Waals surface area contributed by atoms with Crippen LogP contribution in [0.1, 0.15) is 174 Å². The number of hydrogen-bond donors (Lipinski definition) is 0. The Balaban J connectivity index is 2.08. The van der Waals surface area contributed by atoms with Crippen molar-refractivity contribution in [2.75, 3.05) is 0 Å². The minimum Gasteiger partial charge on any atom is -0.0654 e. The van der Waals surface area contributed by atoms with Gasteiger partial charge in [0, 0.05) is 0 Å². The fraction of sp³-hybridized carbons (Fsp3) is 0.600. The van der Waals surface area contributed by atoms with Crippen LogP contribution in [0.25, 0.3) is 10.8 Å². The Labute approximate surface area is 247 Å². The van der Waals surface area contributed by atoms with Crippen molar-refractivity contribution >= 4 is 10.8 Å². The van der Waals surface area contributed by atoms with Crippen LogP contribution in [0, 0.1) is 0 Å². The summed E-state index contributed by atoms with van der Waals surface area (Å²) in [6.07, 6.45) is 17.8. The molecule has 0 fully saturated rings. The summed E-state index contributed by atoms with van der Waals surface area (Å²) in [5.41, 5.74) is 17.3. The van der Waals surface area contributed by atoms with Gasteiger partial charge in [-0.3, -0.25) is 0 Å². The zero-order valence-corrected chi connectivity index (χ0v) is 27.4. The Bertz CT molecular complexity index is 1190. The molecule has 0 saturated carbocycles. The third kappa shape index (κ3) is 6.07. The van der Waals surface area contributed by atoms with Gasteiger partial charge in [0.1, 0.15) is 0 Å². The number of fused-ring (bicyclic) bond motifs is 3. The first kappa shape index (κ1) is 30.9. The fourth-order valence-electron chi connectivity index (χ4n) is 7.82. The van der Waals surface area contributed by atoms with Gasteiger partial charge in [0.25, 0.3) is 0 Å². The summed E-state index contributed by atoms with van der Waals surface area (Å²) >= 11 is 0. The van der Waals surface area contributed by atoms with Crippen molar-refractivity contribution in [1.29, 1.82) is 0 Å². The Morgan fingerprint density at radius 2 is 0.800 bits per heavy atom. The molecule has 40 heavy (non-hydrogen) atoms. The number of benzene rings is 3. The van der Waals surface area contributed by atoms with Crippen molar-refractivity contribution in [3.05, 3.63) is 79.9 Å². The highest BCUT2D eigenvalue weighted by Crippen LogP contribution is 2.46. The van der Waals surface area contributed by atoms with Gasteiger partial charge < -0.3 is 0 Å². The van der Waals surface area contributed by atoms with E-state index in [1.807, 2.05) is 0 Å². The van der Waals surface area contributed by atoms with Crippen molar-refractivity contribution in [3.63, 3.8) is 0 Å². The first-order chi connectivity index (χ1) is 19.4. The number of rotatable bonds is 14. The lowest BCUT2D eigenvalue weighted by molar-refractivity contribution is 0.702. The van der Waals surface area contributed by atoms with E-state index in [0.29, 0.717) is 11.8 Å². The summed E-state index contributed by atoms with van der Waals surface area (Å²) in [5, 5.41) is 3.02. The smallest absolute Gasteiger partial charge is 0.00140 e. The second kappa shape index (κ2) is 14.2. The van der Waals surface area contributed by atoms with E-state index >= 15 is 0 Å². The van der Waals surface area contributed by atoms with E-state index in [0.717, 1.165) is 12.8 Å². The maximum absolute atomic E-state index is 2.43. The minimum absolute atomic E-state index is 0.531. The molecule has 0 amide bonds. The molecule has 0 heterocycles. The van der Waals surface area contributed by atoms with Gasteiger partial charge in [-0.25, -0.2) is 0 Å². The summed E-state index contributed by atoms with van der Waals surface area (Å²) in [6, 6.07) is 9.36. The van der Waals surface area contributed by atoms with Crippen molar-refractivity contribution in [2.45, 2.75) is 157 Å². The summed E-state index contributed by atoms with van der Waals surface area (Å²) < 4.78 is 0. The van der Waals surface area contributed by atoms with E-state index in [-0.39, 0.29) is 0 Å². The molecule has 3 aromatic rings. The van der Waals surface area contributed by atoms with Crippen molar-refractivity contribution in [1.82, 2.24) is 0 Å². The van der Waals surface area contributed by atoms with Crippen molar-refractivity contribution in [3.8, 4) is 0 Å². The molecule has 0 unspecified atom stereocenters. The molecule has 218 valence electrons. The van der Waals surface area contributed by atoms with Crippen LogP contribution in [0.4, 0.5) is 0 Å². The molecular weight excluding hydrogens is 480 g/mol. The average molecular weight is 539 g/mol. The minimum atomic E-state index is 0.531.